The van der Waals surface area contributed by atoms with Gasteiger partial charge in [0.15, 0.2) is 0 Å². The van der Waals surface area contributed by atoms with Crippen LogP contribution in [0.3, 0.4) is 0 Å². The van der Waals surface area contributed by atoms with E-state index in [1.807, 2.05) is 0 Å². The Morgan fingerprint density at radius 2 is 1.55 bits per heavy atom. The predicted octanol–water partition coefficient (Wildman–Crippen LogP) is 6.45. The van der Waals surface area contributed by atoms with Gasteiger partial charge in [-0.05, 0) is 71.0 Å². The largest absolute Gasteiger partial charge is 0.547 e. The summed E-state index contributed by atoms with van der Waals surface area (Å²) >= 11 is 0. The minimum Gasteiger partial charge on any atom is -0.547 e. The molecule has 0 aromatic rings. The number of hydrogen-bond acceptors (Lipinski definition) is 2. The molecule has 0 aliphatic heterocycles. The summed E-state index contributed by atoms with van der Waals surface area (Å²) in [4.78, 5) is 0. The molecule has 0 atom stereocenters. The molecular weight excluding hydrogens is 304 g/mol. The summed E-state index contributed by atoms with van der Waals surface area (Å²) in [5, 5.41) is 0. The monoisotopic (exact) mass is 340 g/mol. The van der Waals surface area contributed by atoms with E-state index in [-0.39, 0.29) is 5.41 Å². The summed E-state index contributed by atoms with van der Waals surface area (Å²) in [7, 11) is -3.27. The standard InChI is InChI=1S/C18H36O2Si2/c1-18(2,3)17(20-22(7,8)9)15-13-11-10-12-14-16(15)19-21(4,5)6/h14H,10-13H2,1-9H3/b17-15+. The molecule has 128 valence electrons. The first-order valence-electron chi connectivity index (χ1n) is 8.62. The Labute approximate surface area is 140 Å². The second-order valence-electron chi connectivity index (χ2n) is 9.30. The van der Waals surface area contributed by atoms with Crippen LogP contribution >= 0.6 is 0 Å². The van der Waals surface area contributed by atoms with Crippen molar-refractivity contribution in [2.24, 2.45) is 5.41 Å². The molecule has 22 heavy (non-hydrogen) atoms. The van der Waals surface area contributed by atoms with E-state index in [1.165, 1.54) is 18.4 Å². The summed E-state index contributed by atoms with van der Waals surface area (Å²) in [5.41, 5.74) is 1.34. The molecule has 0 amide bonds. The topological polar surface area (TPSA) is 18.5 Å². The molecule has 0 aromatic heterocycles. The first-order chi connectivity index (χ1) is 9.80. The molecule has 0 aromatic carbocycles. The van der Waals surface area contributed by atoms with Crippen LogP contribution in [0.1, 0.15) is 46.5 Å². The van der Waals surface area contributed by atoms with Gasteiger partial charge in [0.1, 0.15) is 5.76 Å². The van der Waals surface area contributed by atoms with Crippen molar-refractivity contribution < 1.29 is 8.85 Å². The zero-order valence-electron chi connectivity index (χ0n) is 16.2. The maximum Gasteiger partial charge on any atom is 0.242 e. The van der Waals surface area contributed by atoms with E-state index in [0.29, 0.717) is 0 Å². The van der Waals surface area contributed by atoms with Crippen LogP contribution in [0.4, 0.5) is 0 Å². The van der Waals surface area contributed by atoms with E-state index in [2.05, 4.69) is 66.1 Å². The Bertz CT molecular complexity index is 443. The van der Waals surface area contributed by atoms with Crippen LogP contribution in [0.5, 0.6) is 0 Å². The van der Waals surface area contributed by atoms with Gasteiger partial charge in [-0.2, -0.15) is 0 Å². The van der Waals surface area contributed by atoms with Crippen LogP contribution in [0.2, 0.25) is 39.3 Å². The Kier molecular flexibility index (Phi) is 6.18. The molecule has 2 nitrogen and oxygen atoms in total. The molecule has 1 rings (SSSR count). The van der Waals surface area contributed by atoms with Gasteiger partial charge >= 0.3 is 0 Å². The lowest BCUT2D eigenvalue weighted by molar-refractivity contribution is 0.276. The van der Waals surface area contributed by atoms with Crippen molar-refractivity contribution in [2.75, 3.05) is 0 Å². The normalized spacial score (nSPS) is 20.1. The molecule has 0 saturated carbocycles. The lowest BCUT2D eigenvalue weighted by Gasteiger charge is -2.34. The summed E-state index contributed by atoms with van der Waals surface area (Å²) < 4.78 is 13.0. The SMILES string of the molecule is CC(C)(C)/C(O[Si](C)(C)C)=C1/CCCCC=C1O[Si](C)(C)C. The predicted molar refractivity (Wildman–Crippen MR) is 102 cm³/mol. The molecule has 0 unspecified atom stereocenters. The van der Waals surface area contributed by atoms with E-state index in [4.69, 9.17) is 8.85 Å². The minimum atomic E-state index is -1.65. The molecule has 0 N–H and O–H groups in total. The second-order valence-corrected chi connectivity index (χ2v) is 18.2. The van der Waals surface area contributed by atoms with Gasteiger partial charge in [0.05, 0.1) is 5.76 Å². The van der Waals surface area contributed by atoms with Gasteiger partial charge in [0.25, 0.3) is 0 Å². The van der Waals surface area contributed by atoms with Crippen molar-refractivity contribution in [2.45, 2.75) is 85.7 Å². The molecule has 0 bridgehead atoms. The highest BCUT2D eigenvalue weighted by molar-refractivity contribution is 6.70. The van der Waals surface area contributed by atoms with E-state index in [0.717, 1.165) is 24.4 Å². The lowest BCUT2D eigenvalue weighted by Crippen LogP contribution is -2.31. The van der Waals surface area contributed by atoms with Gasteiger partial charge in [-0.25, -0.2) is 0 Å². The van der Waals surface area contributed by atoms with Crippen LogP contribution in [0.25, 0.3) is 0 Å². The summed E-state index contributed by atoms with van der Waals surface area (Å²) in [6.45, 7) is 20.3. The van der Waals surface area contributed by atoms with Crippen LogP contribution in [-0.2, 0) is 8.85 Å². The van der Waals surface area contributed by atoms with E-state index >= 15 is 0 Å². The molecule has 0 fully saturated rings. The Hall–Kier alpha value is -0.486. The van der Waals surface area contributed by atoms with Crippen LogP contribution < -0.4 is 0 Å². The Morgan fingerprint density at radius 1 is 0.955 bits per heavy atom. The molecule has 0 saturated heterocycles. The average Bonchev–Trinajstić information content (AvgIpc) is 2.46. The van der Waals surface area contributed by atoms with Crippen LogP contribution in [0.15, 0.2) is 23.2 Å². The molecule has 4 heteroatoms. The average molecular weight is 341 g/mol. The first-order valence-corrected chi connectivity index (χ1v) is 15.4. The van der Waals surface area contributed by atoms with Gasteiger partial charge in [0.2, 0.25) is 16.6 Å². The fraction of sp³-hybridized carbons (Fsp3) is 0.778. The maximum absolute atomic E-state index is 6.56. The Balaban J connectivity index is 3.35. The van der Waals surface area contributed by atoms with Gasteiger partial charge in [0, 0.05) is 11.0 Å². The fourth-order valence-electron chi connectivity index (χ4n) is 2.56. The lowest BCUT2D eigenvalue weighted by atomic mass is 9.89. The van der Waals surface area contributed by atoms with Crippen molar-refractivity contribution in [1.82, 2.24) is 0 Å². The van der Waals surface area contributed by atoms with Gasteiger partial charge in [-0.15, -0.1) is 0 Å². The van der Waals surface area contributed by atoms with Crippen molar-refractivity contribution in [3.63, 3.8) is 0 Å². The number of rotatable bonds is 4. The van der Waals surface area contributed by atoms with Crippen molar-refractivity contribution in [3.8, 4) is 0 Å². The molecule has 1 aliphatic carbocycles. The van der Waals surface area contributed by atoms with Gasteiger partial charge in [-0.3, -0.25) is 0 Å². The second kappa shape index (κ2) is 6.95. The first kappa shape index (κ1) is 19.6. The summed E-state index contributed by atoms with van der Waals surface area (Å²) in [6.07, 6.45) is 6.96. The third-order valence-corrected chi connectivity index (χ3v) is 4.94. The molecule has 0 spiro atoms. The minimum absolute atomic E-state index is 0.0157. The zero-order chi connectivity index (χ0) is 17.2. The molecule has 0 radical (unpaired) electrons. The van der Waals surface area contributed by atoms with Gasteiger partial charge < -0.3 is 8.85 Å². The van der Waals surface area contributed by atoms with Crippen LogP contribution in [-0.4, -0.2) is 16.6 Å². The third-order valence-electron chi connectivity index (χ3n) is 3.29. The maximum atomic E-state index is 6.56. The molecular formula is C18H36O2Si2. The smallest absolute Gasteiger partial charge is 0.242 e. The third kappa shape index (κ3) is 6.73. The summed E-state index contributed by atoms with van der Waals surface area (Å²) in [6, 6.07) is 0. The number of allylic oxidation sites excluding steroid dienone is 3. The van der Waals surface area contributed by atoms with Crippen molar-refractivity contribution in [1.29, 1.82) is 0 Å². The Morgan fingerprint density at radius 3 is 2.00 bits per heavy atom. The van der Waals surface area contributed by atoms with Gasteiger partial charge in [-0.1, -0.05) is 20.8 Å². The summed E-state index contributed by atoms with van der Waals surface area (Å²) in [5.74, 6) is 2.28. The quantitative estimate of drug-likeness (QED) is 0.432. The van der Waals surface area contributed by atoms with E-state index < -0.39 is 16.6 Å². The number of hydrogen-bond donors (Lipinski definition) is 0. The molecule has 1 aliphatic rings. The van der Waals surface area contributed by atoms with E-state index in [1.54, 1.807) is 0 Å². The fourth-order valence-corrected chi connectivity index (χ4v) is 4.47. The highest BCUT2D eigenvalue weighted by Crippen LogP contribution is 2.38. The highest BCUT2D eigenvalue weighted by atomic mass is 28.4. The highest BCUT2D eigenvalue weighted by Gasteiger charge is 2.31. The zero-order valence-corrected chi connectivity index (χ0v) is 18.2. The van der Waals surface area contributed by atoms with Crippen LogP contribution in [0, 0.1) is 5.41 Å². The molecule has 0 heterocycles. The van der Waals surface area contributed by atoms with Crippen molar-refractivity contribution in [3.05, 3.63) is 23.2 Å². The van der Waals surface area contributed by atoms with E-state index in [9.17, 15) is 0 Å². The van der Waals surface area contributed by atoms with Crippen molar-refractivity contribution >= 4 is 16.6 Å².